The molecule has 1 aliphatic heterocycles. The Hall–Kier alpha value is -0.0800. The van der Waals surface area contributed by atoms with Gasteiger partial charge in [0.2, 0.25) is 0 Å². The second-order valence-electron chi connectivity index (χ2n) is 5.76. The van der Waals surface area contributed by atoms with Crippen LogP contribution in [0.15, 0.2) is 0 Å². The van der Waals surface area contributed by atoms with E-state index in [1.807, 2.05) is 0 Å². The number of hydrogen-bond donors (Lipinski definition) is 1. The molecule has 0 aromatic heterocycles. The molecule has 2 unspecified atom stereocenters. The molecule has 1 N–H and O–H groups in total. The summed E-state index contributed by atoms with van der Waals surface area (Å²) in [5, 5.41) is 3.64. The molecule has 1 heterocycles. The standard InChI is InChI=1S/C13H28N2/c1-6-7-11(2)15-10-13(4,5)14-9-8-12(15)3/h11-12,14H,6-10H2,1-5H3. The monoisotopic (exact) mass is 212 g/mol. The lowest BCUT2D eigenvalue weighted by molar-refractivity contribution is 0.126. The third kappa shape index (κ3) is 3.76. The lowest BCUT2D eigenvalue weighted by Crippen LogP contribution is -2.50. The Bertz CT molecular complexity index is 189. The van der Waals surface area contributed by atoms with Gasteiger partial charge in [-0.2, -0.15) is 0 Å². The van der Waals surface area contributed by atoms with Crippen LogP contribution in [0.25, 0.3) is 0 Å². The van der Waals surface area contributed by atoms with Crippen LogP contribution in [0.1, 0.15) is 53.9 Å². The van der Waals surface area contributed by atoms with Crippen molar-refractivity contribution < 1.29 is 0 Å². The van der Waals surface area contributed by atoms with E-state index in [2.05, 4.69) is 44.8 Å². The summed E-state index contributed by atoms with van der Waals surface area (Å²) in [6, 6.07) is 1.45. The zero-order valence-electron chi connectivity index (χ0n) is 11.1. The summed E-state index contributed by atoms with van der Waals surface area (Å²) in [4.78, 5) is 2.68. The molecule has 0 aromatic rings. The lowest BCUT2D eigenvalue weighted by atomic mass is 10.0. The van der Waals surface area contributed by atoms with Gasteiger partial charge in [-0.3, -0.25) is 4.90 Å². The van der Waals surface area contributed by atoms with Crippen LogP contribution < -0.4 is 5.32 Å². The van der Waals surface area contributed by atoms with E-state index in [0.29, 0.717) is 0 Å². The first-order chi connectivity index (χ1) is 6.96. The van der Waals surface area contributed by atoms with Gasteiger partial charge in [-0.25, -0.2) is 0 Å². The number of rotatable bonds is 3. The fourth-order valence-corrected chi connectivity index (χ4v) is 2.63. The topological polar surface area (TPSA) is 15.3 Å². The molecule has 0 bridgehead atoms. The minimum atomic E-state index is 0.271. The largest absolute Gasteiger partial charge is 0.310 e. The van der Waals surface area contributed by atoms with Crippen molar-refractivity contribution in [1.29, 1.82) is 0 Å². The fourth-order valence-electron chi connectivity index (χ4n) is 2.63. The number of nitrogens with zero attached hydrogens (tertiary/aromatic N) is 1. The van der Waals surface area contributed by atoms with Gasteiger partial charge in [-0.05, 0) is 47.1 Å². The normalized spacial score (nSPS) is 29.8. The fraction of sp³-hybridized carbons (Fsp3) is 1.00. The van der Waals surface area contributed by atoms with Crippen molar-refractivity contribution in [2.45, 2.75) is 71.5 Å². The van der Waals surface area contributed by atoms with Gasteiger partial charge in [0.1, 0.15) is 0 Å². The first-order valence-electron chi connectivity index (χ1n) is 6.47. The maximum Gasteiger partial charge on any atom is 0.0252 e. The van der Waals surface area contributed by atoms with Gasteiger partial charge in [-0.1, -0.05) is 13.3 Å². The zero-order chi connectivity index (χ0) is 11.5. The molecule has 0 saturated carbocycles. The number of nitrogens with one attached hydrogen (secondary N) is 1. The summed E-state index contributed by atoms with van der Waals surface area (Å²) in [6.07, 6.45) is 3.89. The third-order valence-electron chi connectivity index (χ3n) is 3.58. The summed E-state index contributed by atoms with van der Waals surface area (Å²) in [7, 11) is 0. The van der Waals surface area contributed by atoms with Gasteiger partial charge < -0.3 is 5.32 Å². The van der Waals surface area contributed by atoms with Crippen molar-refractivity contribution in [3.8, 4) is 0 Å². The molecule has 2 atom stereocenters. The molecule has 1 aliphatic rings. The van der Waals surface area contributed by atoms with E-state index in [1.54, 1.807) is 0 Å². The predicted octanol–water partition coefficient (Wildman–Crippen LogP) is 2.64. The molecule has 1 fully saturated rings. The summed E-state index contributed by atoms with van der Waals surface area (Å²) in [5.41, 5.74) is 0.271. The quantitative estimate of drug-likeness (QED) is 0.773. The average molecular weight is 212 g/mol. The highest BCUT2D eigenvalue weighted by atomic mass is 15.2. The maximum absolute atomic E-state index is 3.64. The van der Waals surface area contributed by atoms with E-state index in [-0.39, 0.29) is 5.54 Å². The van der Waals surface area contributed by atoms with Crippen molar-refractivity contribution in [3.63, 3.8) is 0 Å². The van der Waals surface area contributed by atoms with Crippen molar-refractivity contribution >= 4 is 0 Å². The van der Waals surface area contributed by atoms with Crippen molar-refractivity contribution in [3.05, 3.63) is 0 Å². The third-order valence-corrected chi connectivity index (χ3v) is 3.58. The van der Waals surface area contributed by atoms with E-state index >= 15 is 0 Å². The van der Waals surface area contributed by atoms with Gasteiger partial charge >= 0.3 is 0 Å². The van der Waals surface area contributed by atoms with Crippen LogP contribution in [-0.4, -0.2) is 35.6 Å². The Labute approximate surface area is 95.4 Å². The summed E-state index contributed by atoms with van der Waals surface area (Å²) in [6.45, 7) is 14.0. The minimum absolute atomic E-state index is 0.271. The molecule has 0 aromatic carbocycles. The molecule has 0 amide bonds. The molecule has 2 heteroatoms. The predicted molar refractivity (Wildman–Crippen MR) is 67.2 cm³/mol. The molecule has 2 nitrogen and oxygen atoms in total. The summed E-state index contributed by atoms with van der Waals surface area (Å²) in [5.74, 6) is 0. The van der Waals surface area contributed by atoms with Gasteiger partial charge in [0.05, 0.1) is 0 Å². The molecule has 90 valence electrons. The number of hydrogen-bond acceptors (Lipinski definition) is 2. The second-order valence-corrected chi connectivity index (χ2v) is 5.76. The van der Waals surface area contributed by atoms with E-state index in [9.17, 15) is 0 Å². The first-order valence-corrected chi connectivity index (χ1v) is 6.47. The van der Waals surface area contributed by atoms with Crippen LogP contribution in [0.3, 0.4) is 0 Å². The van der Waals surface area contributed by atoms with E-state index in [4.69, 9.17) is 0 Å². The minimum Gasteiger partial charge on any atom is -0.310 e. The Kier molecular flexibility index (Phi) is 4.60. The van der Waals surface area contributed by atoms with Crippen LogP contribution in [0.2, 0.25) is 0 Å². The maximum atomic E-state index is 3.64. The van der Waals surface area contributed by atoms with Crippen molar-refractivity contribution in [2.75, 3.05) is 13.1 Å². The van der Waals surface area contributed by atoms with E-state index < -0.39 is 0 Å². The average Bonchev–Trinajstić information content (AvgIpc) is 2.26. The van der Waals surface area contributed by atoms with Crippen LogP contribution in [0.4, 0.5) is 0 Å². The molecule has 1 rings (SSSR count). The molecule has 0 radical (unpaired) electrons. The van der Waals surface area contributed by atoms with Crippen molar-refractivity contribution in [1.82, 2.24) is 10.2 Å². The van der Waals surface area contributed by atoms with Gasteiger partial charge in [0.25, 0.3) is 0 Å². The summed E-state index contributed by atoms with van der Waals surface area (Å²) >= 11 is 0. The van der Waals surface area contributed by atoms with Crippen LogP contribution in [0.5, 0.6) is 0 Å². The summed E-state index contributed by atoms with van der Waals surface area (Å²) < 4.78 is 0. The van der Waals surface area contributed by atoms with Gasteiger partial charge in [-0.15, -0.1) is 0 Å². The Morgan fingerprint density at radius 1 is 1.47 bits per heavy atom. The van der Waals surface area contributed by atoms with Gasteiger partial charge in [0, 0.05) is 24.2 Å². The Balaban J connectivity index is 2.65. The zero-order valence-corrected chi connectivity index (χ0v) is 11.1. The second kappa shape index (κ2) is 5.31. The van der Waals surface area contributed by atoms with E-state index in [1.165, 1.54) is 25.8 Å². The highest BCUT2D eigenvalue weighted by Crippen LogP contribution is 2.20. The molecule has 0 aliphatic carbocycles. The highest BCUT2D eigenvalue weighted by Gasteiger charge is 2.30. The Morgan fingerprint density at radius 2 is 2.13 bits per heavy atom. The molecule has 1 saturated heterocycles. The molecule has 15 heavy (non-hydrogen) atoms. The smallest absolute Gasteiger partial charge is 0.0252 e. The highest BCUT2D eigenvalue weighted by molar-refractivity contribution is 4.89. The van der Waals surface area contributed by atoms with E-state index in [0.717, 1.165) is 18.6 Å². The van der Waals surface area contributed by atoms with Crippen molar-refractivity contribution in [2.24, 2.45) is 0 Å². The molecular formula is C13H28N2. The van der Waals surface area contributed by atoms with Crippen LogP contribution in [0, 0.1) is 0 Å². The van der Waals surface area contributed by atoms with Crippen LogP contribution >= 0.6 is 0 Å². The Morgan fingerprint density at radius 3 is 2.73 bits per heavy atom. The SMILES string of the molecule is CCCC(C)N1CC(C)(C)NCCC1C. The lowest BCUT2D eigenvalue weighted by Gasteiger charge is -2.37. The molecule has 0 spiro atoms. The van der Waals surface area contributed by atoms with Crippen LogP contribution in [-0.2, 0) is 0 Å². The molecular weight excluding hydrogens is 184 g/mol. The van der Waals surface area contributed by atoms with Gasteiger partial charge in [0.15, 0.2) is 0 Å². The first kappa shape index (κ1) is 13.0.